The Morgan fingerprint density at radius 1 is 1.19 bits per heavy atom. The van der Waals surface area contributed by atoms with Crippen molar-refractivity contribution in [1.29, 1.82) is 0 Å². The van der Waals surface area contributed by atoms with Gasteiger partial charge in [0.2, 0.25) is 0 Å². The summed E-state index contributed by atoms with van der Waals surface area (Å²) in [6.07, 6.45) is 1.25. The van der Waals surface area contributed by atoms with Crippen LogP contribution in [0.5, 0.6) is 11.5 Å². The summed E-state index contributed by atoms with van der Waals surface area (Å²) in [5.74, 6) is 2.41. The Morgan fingerprint density at radius 2 is 2.00 bits per heavy atom. The predicted molar refractivity (Wildman–Crippen MR) is 111 cm³/mol. The van der Waals surface area contributed by atoms with E-state index in [1.807, 2.05) is 31.2 Å². The van der Waals surface area contributed by atoms with E-state index in [0.29, 0.717) is 6.54 Å². The molecule has 7 heteroatoms. The Kier molecular flexibility index (Phi) is 9.21. The largest absolute Gasteiger partial charge is 0.497 e. The number of guanidine groups is 1. The summed E-state index contributed by atoms with van der Waals surface area (Å²) >= 11 is 0. The first kappa shape index (κ1) is 21.3. The fraction of sp³-hybridized carbons (Fsp3) is 0.650. The van der Waals surface area contributed by atoms with Gasteiger partial charge in [-0.25, -0.2) is 0 Å². The molecule has 0 amide bonds. The van der Waals surface area contributed by atoms with Crippen molar-refractivity contribution < 1.29 is 9.47 Å². The molecule has 27 heavy (non-hydrogen) atoms. The molecule has 1 heterocycles. The summed E-state index contributed by atoms with van der Waals surface area (Å²) in [5, 5.41) is 6.72. The zero-order valence-electron chi connectivity index (χ0n) is 17.2. The van der Waals surface area contributed by atoms with Gasteiger partial charge in [0.15, 0.2) is 5.96 Å². The average Bonchev–Trinajstić information content (AvgIpc) is 2.88. The number of ether oxygens (including phenoxy) is 2. The highest BCUT2D eigenvalue weighted by molar-refractivity contribution is 5.79. The third-order valence-corrected chi connectivity index (χ3v) is 4.69. The number of benzene rings is 1. The van der Waals surface area contributed by atoms with Crippen LogP contribution in [0, 0.1) is 0 Å². The molecule has 1 fully saturated rings. The highest BCUT2D eigenvalue weighted by atomic mass is 16.5. The van der Waals surface area contributed by atoms with Crippen molar-refractivity contribution in [2.45, 2.75) is 19.4 Å². The Balaban J connectivity index is 1.67. The number of rotatable bonds is 8. The van der Waals surface area contributed by atoms with Gasteiger partial charge in [-0.05, 0) is 45.6 Å². The van der Waals surface area contributed by atoms with Crippen LogP contribution in [0.3, 0.4) is 0 Å². The maximum atomic E-state index is 5.94. The number of hydrogen-bond donors (Lipinski definition) is 2. The average molecular weight is 378 g/mol. The van der Waals surface area contributed by atoms with Crippen molar-refractivity contribution >= 4 is 5.96 Å². The first-order valence-corrected chi connectivity index (χ1v) is 9.77. The van der Waals surface area contributed by atoms with Gasteiger partial charge in [-0.2, -0.15) is 0 Å². The molecule has 0 spiro atoms. The topological polar surface area (TPSA) is 61.4 Å². The summed E-state index contributed by atoms with van der Waals surface area (Å²) in [4.78, 5) is 9.21. The molecule has 1 atom stereocenters. The van der Waals surface area contributed by atoms with Crippen LogP contribution in [0.2, 0.25) is 0 Å². The number of methoxy groups -OCH3 is 1. The predicted octanol–water partition coefficient (Wildman–Crippen LogP) is 1.27. The second-order valence-electron chi connectivity index (χ2n) is 6.99. The number of hydrogen-bond acceptors (Lipinski definition) is 5. The molecule has 152 valence electrons. The molecule has 0 radical (unpaired) electrons. The lowest BCUT2D eigenvalue weighted by Gasteiger charge is -2.21. The second-order valence-corrected chi connectivity index (χ2v) is 6.99. The molecule has 7 nitrogen and oxygen atoms in total. The SMILES string of the molecule is CN=C(NCCN1CCCN(C)CC1)NCC(C)Oc1cccc(OC)c1. The van der Waals surface area contributed by atoms with E-state index in [-0.39, 0.29) is 6.10 Å². The summed E-state index contributed by atoms with van der Waals surface area (Å²) in [7, 11) is 5.65. The number of nitrogens with one attached hydrogen (secondary N) is 2. The van der Waals surface area contributed by atoms with E-state index >= 15 is 0 Å². The fourth-order valence-corrected chi connectivity index (χ4v) is 3.07. The molecule has 1 aliphatic rings. The van der Waals surface area contributed by atoms with E-state index in [1.54, 1.807) is 14.2 Å². The first-order valence-electron chi connectivity index (χ1n) is 9.77. The van der Waals surface area contributed by atoms with Crippen molar-refractivity contribution in [2.75, 3.05) is 67.0 Å². The highest BCUT2D eigenvalue weighted by Gasteiger charge is 2.12. The normalized spacial score (nSPS) is 17.9. The van der Waals surface area contributed by atoms with Gasteiger partial charge < -0.3 is 29.9 Å². The smallest absolute Gasteiger partial charge is 0.191 e. The van der Waals surface area contributed by atoms with Gasteiger partial charge in [0.25, 0.3) is 0 Å². The third-order valence-electron chi connectivity index (χ3n) is 4.69. The minimum atomic E-state index is 0.0109. The molecule has 0 aliphatic carbocycles. The van der Waals surface area contributed by atoms with Crippen LogP contribution in [-0.2, 0) is 0 Å². The van der Waals surface area contributed by atoms with Crippen molar-refractivity contribution in [3.05, 3.63) is 24.3 Å². The number of likely N-dealkylation sites (N-methyl/N-ethyl adjacent to an activating group) is 1. The third kappa shape index (κ3) is 8.05. The fourth-order valence-electron chi connectivity index (χ4n) is 3.07. The molecule has 1 aliphatic heterocycles. The highest BCUT2D eigenvalue weighted by Crippen LogP contribution is 2.19. The quantitative estimate of drug-likeness (QED) is 0.525. The van der Waals surface area contributed by atoms with Crippen LogP contribution in [0.15, 0.2) is 29.3 Å². The Hall–Kier alpha value is -1.99. The van der Waals surface area contributed by atoms with E-state index in [4.69, 9.17) is 9.47 Å². The number of aliphatic imine (C=N–C) groups is 1. The Bertz CT molecular complexity index is 581. The monoisotopic (exact) mass is 377 g/mol. The van der Waals surface area contributed by atoms with E-state index in [1.165, 1.54) is 19.5 Å². The van der Waals surface area contributed by atoms with Crippen molar-refractivity contribution in [3.63, 3.8) is 0 Å². The van der Waals surface area contributed by atoms with E-state index in [2.05, 4.69) is 32.5 Å². The van der Waals surface area contributed by atoms with Crippen molar-refractivity contribution in [2.24, 2.45) is 4.99 Å². The van der Waals surface area contributed by atoms with E-state index in [0.717, 1.165) is 43.6 Å². The second kappa shape index (κ2) is 11.7. The standard InChI is InChI=1S/C20H35N5O2/c1-17(27-19-8-5-7-18(15-19)26-4)16-23-20(21-2)22-9-12-25-11-6-10-24(3)13-14-25/h5,7-8,15,17H,6,9-14,16H2,1-4H3,(H2,21,22,23). The summed E-state index contributed by atoms with van der Waals surface area (Å²) < 4.78 is 11.2. The van der Waals surface area contributed by atoms with Crippen LogP contribution in [-0.4, -0.2) is 88.9 Å². The van der Waals surface area contributed by atoms with Crippen molar-refractivity contribution in [1.82, 2.24) is 20.4 Å². The van der Waals surface area contributed by atoms with Gasteiger partial charge >= 0.3 is 0 Å². The summed E-state index contributed by atoms with van der Waals surface area (Å²) in [6.45, 7) is 9.27. The Morgan fingerprint density at radius 3 is 2.78 bits per heavy atom. The van der Waals surface area contributed by atoms with E-state index < -0.39 is 0 Å². The lowest BCUT2D eigenvalue weighted by Crippen LogP contribution is -2.44. The van der Waals surface area contributed by atoms with Gasteiger partial charge in [-0.1, -0.05) is 6.07 Å². The molecule has 0 aromatic heterocycles. The van der Waals surface area contributed by atoms with Gasteiger partial charge in [-0.15, -0.1) is 0 Å². The van der Waals surface area contributed by atoms with E-state index in [9.17, 15) is 0 Å². The maximum Gasteiger partial charge on any atom is 0.191 e. The molecule has 0 bridgehead atoms. The molecular formula is C20H35N5O2. The van der Waals surface area contributed by atoms with Gasteiger partial charge in [-0.3, -0.25) is 4.99 Å². The lowest BCUT2D eigenvalue weighted by atomic mass is 10.3. The van der Waals surface area contributed by atoms with Crippen LogP contribution in [0.4, 0.5) is 0 Å². The minimum absolute atomic E-state index is 0.0109. The van der Waals surface area contributed by atoms with Crippen LogP contribution in [0.1, 0.15) is 13.3 Å². The summed E-state index contributed by atoms with van der Waals surface area (Å²) in [6, 6.07) is 7.66. The van der Waals surface area contributed by atoms with Crippen LogP contribution >= 0.6 is 0 Å². The minimum Gasteiger partial charge on any atom is -0.497 e. The van der Waals surface area contributed by atoms with Gasteiger partial charge in [0.1, 0.15) is 17.6 Å². The molecule has 1 unspecified atom stereocenters. The molecule has 2 rings (SSSR count). The molecule has 1 aromatic rings. The molecule has 1 aromatic carbocycles. The molecule has 0 saturated carbocycles. The van der Waals surface area contributed by atoms with Crippen LogP contribution in [0.25, 0.3) is 0 Å². The molecular weight excluding hydrogens is 342 g/mol. The first-order chi connectivity index (χ1) is 13.1. The van der Waals surface area contributed by atoms with Crippen molar-refractivity contribution in [3.8, 4) is 11.5 Å². The number of nitrogens with zero attached hydrogens (tertiary/aromatic N) is 3. The summed E-state index contributed by atoms with van der Waals surface area (Å²) in [5.41, 5.74) is 0. The van der Waals surface area contributed by atoms with Gasteiger partial charge in [0.05, 0.1) is 13.7 Å². The Labute approximate surface area is 163 Å². The lowest BCUT2D eigenvalue weighted by molar-refractivity contribution is 0.222. The van der Waals surface area contributed by atoms with Gasteiger partial charge in [0, 0.05) is 39.3 Å². The zero-order valence-corrected chi connectivity index (χ0v) is 17.2. The maximum absolute atomic E-state index is 5.94. The zero-order chi connectivity index (χ0) is 19.5. The van der Waals surface area contributed by atoms with Crippen LogP contribution < -0.4 is 20.1 Å². The molecule has 2 N–H and O–H groups in total. The molecule has 1 saturated heterocycles.